The van der Waals surface area contributed by atoms with Gasteiger partial charge in [0.2, 0.25) is 0 Å². The number of halogens is 2. The maximum absolute atomic E-state index is 14.0. The van der Waals surface area contributed by atoms with Crippen molar-refractivity contribution in [3.63, 3.8) is 0 Å². The van der Waals surface area contributed by atoms with Crippen LogP contribution in [0.15, 0.2) is 66.7 Å². The predicted molar refractivity (Wildman–Crippen MR) is 151 cm³/mol. The molecular formula is C27H29Cl2N3O3S. The molecule has 0 atom stereocenters. The molecule has 0 unspecified atom stereocenters. The highest BCUT2D eigenvalue weighted by Crippen LogP contribution is 2.39. The predicted octanol–water partition coefficient (Wildman–Crippen LogP) is 7.16. The maximum Gasteiger partial charge on any atom is 0.263 e. The fraction of sp³-hybridized carbons (Fsp3) is 0.259. The smallest absolute Gasteiger partial charge is 0.263 e. The normalized spacial score (nSPS) is 10.8. The number of amides is 1. The number of benzene rings is 3. The molecule has 0 saturated heterocycles. The van der Waals surface area contributed by atoms with Crippen LogP contribution in [0.4, 0.5) is 5.13 Å². The van der Waals surface area contributed by atoms with E-state index < -0.39 is 0 Å². The molecule has 0 N–H and O–H groups in total. The van der Waals surface area contributed by atoms with Gasteiger partial charge >= 0.3 is 0 Å². The van der Waals surface area contributed by atoms with Gasteiger partial charge in [0, 0.05) is 13.1 Å². The van der Waals surface area contributed by atoms with E-state index in [0.717, 1.165) is 17.8 Å². The van der Waals surface area contributed by atoms with Crippen molar-refractivity contribution < 1.29 is 14.3 Å². The molecule has 0 radical (unpaired) electrons. The number of para-hydroxylation sites is 2. The molecule has 3 aromatic carbocycles. The van der Waals surface area contributed by atoms with E-state index in [2.05, 4.69) is 18.7 Å². The monoisotopic (exact) mass is 545 g/mol. The standard InChI is InChI=1S/C27H28ClN3O3S.ClH/c1-4-30(5-2)17-18-31(27-29-24-23(33-3)16-15-21(28)25(24)35-27)26(32)20-13-9-10-14-22(20)34-19-11-7-6-8-12-19;/h6-16H,4-5,17-18H2,1-3H3;1H. The third kappa shape index (κ3) is 6.10. The Labute approximate surface area is 226 Å². The Morgan fingerprint density at radius 3 is 2.33 bits per heavy atom. The van der Waals surface area contributed by atoms with Crippen LogP contribution >= 0.6 is 35.3 Å². The second-order valence-electron chi connectivity index (χ2n) is 7.82. The molecule has 0 spiro atoms. The first-order valence-electron chi connectivity index (χ1n) is 11.5. The largest absolute Gasteiger partial charge is 0.494 e. The Balaban J connectivity index is 0.00000361. The van der Waals surface area contributed by atoms with E-state index in [9.17, 15) is 4.79 Å². The lowest BCUT2D eigenvalue weighted by Crippen LogP contribution is -2.39. The number of ether oxygens (including phenoxy) is 2. The highest BCUT2D eigenvalue weighted by molar-refractivity contribution is 7.23. The third-order valence-electron chi connectivity index (χ3n) is 5.77. The summed E-state index contributed by atoms with van der Waals surface area (Å²) in [5.74, 6) is 1.60. The average Bonchev–Trinajstić information content (AvgIpc) is 3.34. The molecular weight excluding hydrogens is 517 g/mol. The maximum atomic E-state index is 14.0. The number of thiazole rings is 1. The first-order valence-corrected chi connectivity index (χ1v) is 12.7. The molecule has 0 saturated carbocycles. The molecule has 0 aliphatic carbocycles. The van der Waals surface area contributed by atoms with Gasteiger partial charge in [-0.25, -0.2) is 4.98 Å². The molecule has 0 bridgehead atoms. The molecule has 190 valence electrons. The first-order chi connectivity index (χ1) is 17.0. The summed E-state index contributed by atoms with van der Waals surface area (Å²) < 4.78 is 12.4. The molecule has 4 rings (SSSR count). The van der Waals surface area contributed by atoms with Gasteiger partial charge in [-0.3, -0.25) is 9.69 Å². The lowest BCUT2D eigenvalue weighted by Gasteiger charge is -2.25. The Kier molecular flexibility index (Phi) is 9.96. The summed E-state index contributed by atoms with van der Waals surface area (Å²) in [5, 5.41) is 1.14. The van der Waals surface area contributed by atoms with Crippen LogP contribution in [0, 0.1) is 0 Å². The van der Waals surface area contributed by atoms with Crippen LogP contribution < -0.4 is 14.4 Å². The lowest BCUT2D eigenvalue weighted by molar-refractivity contribution is 0.0981. The fourth-order valence-corrected chi connectivity index (χ4v) is 5.06. The summed E-state index contributed by atoms with van der Waals surface area (Å²) in [5.41, 5.74) is 1.11. The van der Waals surface area contributed by atoms with Gasteiger partial charge in [-0.05, 0) is 49.5 Å². The van der Waals surface area contributed by atoms with E-state index in [1.807, 2.05) is 42.5 Å². The summed E-state index contributed by atoms with van der Waals surface area (Å²) in [4.78, 5) is 22.8. The van der Waals surface area contributed by atoms with E-state index in [1.54, 1.807) is 36.3 Å². The van der Waals surface area contributed by atoms with Gasteiger partial charge in [0.15, 0.2) is 5.13 Å². The molecule has 1 amide bonds. The van der Waals surface area contributed by atoms with Gasteiger partial charge in [0.1, 0.15) is 22.8 Å². The van der Waals surface area contributed by atoms with Gasteiger partial charge in [-0.2, -0.15) is 0 Å². The van der Waals surface area contributed by atoms with Crippen molar-refractivity contribution in [1.82, 2.24) is 9.88 Å². The highest BCUT2D eigenvalue weighted by Gasteiger charge is 2.26. The number of methoxy groups -OCH3 is 1. The Morgan fingerprint density at radius 1 is 0.944 bits per heavy atom. The molecule has 36 heavy (non-hydrogen) atoms. The zero-order valence-corrected chi connectivity index (χ0v) is 22.8. The minimum absolute atomic E-state index is 0. The van der Waals surface area contributed by atoms with Crippen LogP contribution in [0.2, 0.25) is 5.02 Å². The number of fused-ring (bicyclic) bond motifs is 1. The van der Waals surface area contributed by atoms with Crippen molar-refractivity contribution in [3.8, 4) is 17.2 Å². The minimum Gasteiger partial charge on any atom is -0.494 e. The van der Waals surface area contributed by atoms with E-state index >= 15 is 0 Å². The number of nitrogens with zero attached hydrogens (tertiary/aromatic N) is 3. The van der Waals surface area contributed by atoms with Gasteiger partial charge in [0.05, 0.1) is 22.4 Å². The number of anilines is 1. The van der Waals surface area contributed by atoms with Gasteiger partial charge in [-0.1, -0.05) is 67.1 Å². The first kappa shape index (κ1) is 27.7. The van der Waals surface area contributed by atoms with Gasteiger partial charge < -0.3 is 14.4 Å². The number of aromatic nitrogens is 1. The van der Waals surface area contributed by atoms with Crippen molar-refractivity contribution in [1.29, 1.82) is 0 Å². The molecule has 9 heteroatoms. The van der Waals surface area contributed by atoms with Gasteiger partial charge in [-0.15, -0.1) is 12.4 Å². The highest BCUT2D eigenvalue weighted by atomic mass is 35.5. The molecule has 0 fully saturated rings. The zero-order valence-electron chi connectivity index (χ0n) is 20.4. The van der Waals surface area contributed by atoms with Crippen LogP contribution in [0.5, 0.6) is 17.2 Å². The number of hydrogen-bond donors (Lipinski definition) is 0. The number of rotatable bonds is 10. The van der Waals surface area contributed by atoms with Crippen molar-refractivity contribution in [2.75, 3.05) is 38.2 Å². The summed E-state index contributed by atoms with van der Waals surface area (Å²) in [6, 6.07) is 20.3. The molecule has 4 aromatic rings. The van der Waals surface area contributed by atoms with Crippen LogP contribution in [0.25, 0.3) is 10.2 Å². The SMILES string of the molecule is CCN(CC)CCN(C(=O)c1ccccc1Oc1ccccc1)c1nc2c(OC)ccc(Cl)c2s1.Cl. The van der Waals surface area contributed by atoms with E-state index in [-0.39, 0.29) is 18.3 Å². The summed E-state index contributed by atoms with van der Waals surface area (Å²) in [6.45, 7) is 7.20. The van der Waals surface area contributed by atoms with E-state index in [1.165, 1.54) is 11.3 Å². The van der Waals surface area contributed by atoms with Crippen molar-refractivity contribution in [2.24, 2.45) is 0 Å². The number of carbonyl (C=O) groups excluding carboxylic acids is 1. The summed E-state index contributed by atoms with van der Waals surface area (Å²) >= 11 is 7.86. The second-order valence-corrected chi connectivity index (χ2v) is 9.20. The molecule has 1 aromatic heterocycles. The fourth-order valence-electron chi connectivity index (χ4n) is 3.78. The van der Waals surface area contributed by atoms with Crippen molar-refractivity contribution >= 4 is 56.6 Å². The van der Waals surface area contributed by atoms with Crippen LogP contribution in [-0.4, -0.2) is 49.1 Å². The average molecular weight is 547 g/mol. The second kappa shape index (κ2) is 12.9. The molecule has 0 aliphatic heterocycles. The Hall–Kier alpha value is -2.84. The Bertz CT molecular complexity index is 1300. The minimum atomic E-state index is -0.183. The molecule has 6 nitrogen and oxygen atoms in total. The quantitative estimate of drug-likeness (QED) is 0.211. The van der Waals surface area contributed by atoms with Crippen molar-refractivity contribution in [2.45, 2.75) is 13.8 Å². The number of hydrogen-bond acceptors (Lipinski definition) is 6. The Morgan fingerprint density at radius 2 is 1.64 bits per heavy atom. The number of carbonyl (C=O) groups is 1. The molecule has 0 aliphatic rings. The van der Waals surface area contributed by atoms with E-state index in [0.29, 0.717) is 51.6 Å². The van der Waals surface area contributed by atoms with Gasteiger partial charge in [0.25, 0.3) is 5.91 Å². The summed E-state index contributed by atoms with van der Waals surface area (Å²) in [6.07, 6.45) is 0. The lowest BCUT2D eigenvalue weighted by atomic mass is 10.1. The molecule has 1 heterocycles. The van der Waals surface area contributed by atoms with E-state index in [4.69, 9.17) is 26.1 Å². The van der Waals surface area contributed by atoms with Crippen LogP contribution in [0.1, 0.15) is 24.2 Å². The zero-order chi connectivity index (χ0) is 24.8. The van der Waals surface area contributed by atoms with Crippen LogP contribution in [0.3, 0.4) is 0 Å². The van der Waals surface area contributed by atoms with Crippen LogP contribution in [-0.2, 0) is 0 Å². The third-order valence-corrected chi connectivity index (χ3v) is 7.30. The van der Waals surface area contributed by atoms with Crippen molar-refractivity contribution in [3.05, 3.63) is 77.3 Å². The summed E-state index contributed by atoms with van der Waals surface area (Å²) in [7, 11) is 1.60. The topological polar surface area (TPSA) is 54.9 Å². The number of likely N-dealkylation sites (N-methyl/N-ethyl adjacent to an activating group) is 1.